The maximum atomic E-state index is 5.55. The Morgan fingerprint density at radius 2 is 1.06 bits per heavy atom. The van der Waals surface area contributed by atoms with Crippen LogP contribution < -0.4 is 11.5 Å². The quantitative estimate of drug-likeness (QED) is 0.386. The van der Waals surface area contributed by atoms with Crippen molar-refractivity contribution < 1.29 is 0 Å². The maximum absolute atomic E-state index is 5.55. The van der Waals surface area contributed by atoms with E-state index in [1.807, 2.05) is 0 Å². The van der Waals surface area contributed by atoms with E-state index in [4.69, 9.17) is 11.5 Å². The highest BCUT2D eigenvalue weighted by atomic mass is 15.2. The molecule has 3 heteroatoms. The molecule has 0 saturated carbocycles. The SMILES string of the molecule is CCCCCCCCCCCCN(CN)CN. The van der Waals surface area contributed by atoms with Crippen LogP contribution in [0.5, 0.6) is 0 Å². The molecule has 0 rings (SSSR count). The van der Waals surface area contributed by atoms with Gasteiger partial charge in [-0.25, -0.2) is 0 Å². The van der Waals surface area contributed by atoms with E-state index < -0.39 is 0 Å². The van der Waals surface area contributed by atoms with E-state index in [1.54, 1.807) is 0 Å². The van der Waals surface area contributed by atoms with Gasteiger partial charge in [0.2, 0.25) is 0 Å². The molecule has 0 unspecified atom stereocenters. The van der Waals surface area contributed by atoms with Gasteiger partial charge in [0.05, 0.1) is 0 Å². The standard InChI is InChI=1S/C14H33N3/c1-2-3-4-5-6-7-8-9-10-11-12-17(13-15)14-16/h2-16H2,1H3. The summed E-state index contributed by atoms with van der Waals surface area (Å²) in [5, 5.41) is 0. The van der Waals surface area contributed by atoms with Crippen LogP contribution in [0.15, 0.2) is 0 Å². The lowest BCUT2D eigenvalue weighted by Gasteiger charge is -2.16. The third-order valence-electron chi connectivity index (χ3n) is 3.34. The summed E-state index contributed by atoms with van der Waals surface area (Å²) in [4.78, 5) is 2.09. The van der Waals surface area contributed by atoms with Gasteiger partial charge in [0.15, 0.2) is 0 Å². The van der Waals surface area contributed by atoms with E-state index in [1.165, 1.54) is 64.2 Å². The fraction of sp³-hybridized carbons (Fsp3) is 1.00. The average molecular weight is 243 g/mol. The molecule has 0 aromatic rings. The molecule has 0 radical (unpaired) electrons. The Bertz CT molecular complexity index is 135. The van der Waals surface area contributed by atoms with E-state index in [-0.39, 0.29) is 0 Å². The topological polar surface area (TPSA) is 55.3 Å². The largest absolute Gasteiger partial charge is 0.318 e. The summed E-state index contributed by atoms with van der Waals surface area (Å²) in [6.07, 6.45) is 13.8. The first-order valence-electron chi connectivity index (χ1n) is 7.47. The number of unbranched alkanes of at least 4 members (excludes halogenated alkanes) is 9. The van der Waals surface area contributed by atoms with Crippen molar-refractivity contribution in [2.24, 2.45) is 11.5 Å². The molecule has 0 spiro atoms. The van der Waals surface area contributed by atoms with Gasteiger partial charge in [0.25, 0.3) is 0 Å². The fourth-order valence-electron chi connectivity index (χ4n) is 2.08. The minimum absolute atomic E-state index is 0.591. The van der Waals surface area contributed by atoms with Crippen molar-refractivity contribution in [3.63, 3.8) is 0 Å². The Labute approximate surface area is 108 Å². The Morgan fingerprint density at radius 3 is 1.47 bits per heavy atom. The summed E-state index contributed by atoms with van der Waals surface area (Å²) in [6, 6.07) is 0. The van der Waals surface area contributed by atoms with Crippen molar-refractivity contribution in [1.29, 1.82) is 0 Å². The van der Waals surface area contributed by atoms with Crippen molar-refractivity contribution in [2.75, 3.05) is 19.9 Å². The zero-order chi connectivity index (χ0) is 12.8. The van der Waals surface area contributed by atoms with Crippen molar-refractivity contribution >= 4 is 0 Å². The van der Waals surface area contributed by atoms with Gasteiger partial charge < -0.3 is 11.5 Å². The fourth-order valence-corrected chi connectivity index (χ4v) is 2.08. The second-order valence-electron chi connectivity index (χ2n) is 4.94. The van der Waals surface area contributed by atoms with Crippen LogP contribution in [-0.2, 0) is 0 Å². The van der Waals surface area contributed by atoms with E-state index in [2.05, 4.69) is 11.8 Å². The minimum atomic E-state index is 0.591. The van der Waals surface area contributed by atoms with Gasteiger partial charge in [-0.3, -0.25) is 4.90 Å². The van der Waals surface area contributed by atoms with Gasteiger partial charge in [-0.2, -0.15) is 0 Å². The van der Waals surface area contributed by atoms with E-state index in [0.29, 0.717) is 13.3 Å². The van der Waals surface area contributed by atoms with E-state index >= 15 is 0 Å². The molecular formula is C14H33N3. The van der Waals surface area contributed by atoms with E-state index in [9.17, 15) is 0 Å². The summed E-state index contributed by atoms with van der Waals surface area (Å²) in [5.74, 6) is 0. The van der Waals surface area contributed by atoms with Gasteiger partial charge in [-0.1, -0.05) is 64.7 Å². The summed E-state index contributed by atoms with van der Waals surface area (Å²) in [7, 11) is 0. The normalized spacial score (nSPS) is 11.3. The molecule has 0 amide bonds. The molecule has 0 aromatic heterocycles. The number of nitrogens with zero attached hydrogens (tertiary/aromatic N) is 1. The Hall–Kier alpha value is -0.120. The van der Waals surface area contributed by atoms with Gasteiger partial charge in [-0.05, 0) is 6.42 Å². The van der Waals surface area contributed by atoms with Crippen LogP contribution in [0.2, 0.25) is 0 Å². The third kappa shape index (κ3) is 12.1. The second-order valence-corrected chi connectivity index (χ2v) is 4.94. The summed E-state index contributed by atoms with van der Waals surface area (Å²) < 4.78 is 0. The molecule has 0 aliphatic rings. The van der Waals surface area contributed by atoms with Crippen LogP contribution in [0, 0.1) is 0 Å². The molecule has 0 aromatic carbocycles. The van der Waals surface area contributed by atoms with Crippen LogP contribution in [0.3, 0.4) is 0 Å². The zero-order valence-electron chi connectivity index (χ0n) is 11.8. The smallest absolute Gasteiger partial charge is 0.0467 e. The number of rotatable bonds is 13. The van der Waals surface area contributed by atoms with Crippen LogP contribution in [0.1, 0.15) is 71.1 Å². The lowest BCUT2D eigenvalue weighted by atomic mass is 10.1. The first-order chi connectivity index (χ1) is 8.35. The lowest BCUT2D eigenvalue weighted by Crippen LogP contribution is -2.35. The van der Waals surface area contributed by atoms with E-state index in [0.717, 1.165) is 6.54 Å². The number of hydrogen-bond donors (Lipinski definition) is 2. The molecule has 4 N–H and O–H groups in total. The summed E-state index contributed by atoms with van der Waals surface area (Å²) in [6.45, 7) is 4.51. The van der Waals surface area contributed by atoms with Crippen LogP contribution in [0.25, 0.3) is 0 Å². The zero-order valence-corrected chi connectivity index (χ0v) is 11.8. The van der Waals surface area contributed by atoms with Gasteiger partial charge in [-0.15, -0.1) is 0 Å². The molecule has 0 atom stereocenters. The lowest BCUT2D eigenvalue weighted by molar-refractivity contribution is 0.282. The highest BCUT2D eigenvalue weighted by molar-refractivity contribution is 4.52. The third-order valence-corrected chi connectivity index (χ3v) is 3.34. The molecule has 0 fully saturated rings. The first-order valence-corrected chi connectivity index (χ1v) is 7.47. The highest BCUT2D eigenvalue weighted by Gasteiger charge is 1.98. The van der Waals surface area contributed by atoms with Crippen molar-refractivity contribution in [2.45, 2.75) is 71.1 Å². The van der Waals surface area contributed by atoms with Crippen LogP contribution in [0.4, 0.5) is 0 Å². The first kappa shape index (κ1) is 16.9. The monoisotopic (exact) mass is 243 g/mol. The average Bonchev–Trinajstić information content (AvgIpc) is 2.36. The molecule has 17 heavy (non-hydrogen) atoms. The van der Waals surface area contributed by atoms with Crippen molar-refractivity contribution in [3.8, 4) is 0 Å². The van der Waals surface area contributed by atoms with Crippen LogP contribution in [-0.4, -0.2) is 24.8 Å². The Kier molecular flexibility index (Phi) is 13.8. The van der Waals surface area contributed by atoms with Gasteiger partial charge >= 0.3 is 0 Å². The number of nitrogens with two attached hydrogens (primary N) is 2. The maximum Gasteiger partial charge on any atom is 0.0467 e. The molecule has 0 saturated heterocycles. The second kappa shape index (κ2) is 13.9. The molecule has 0 aliphatic carbocycles. The molecule has 0 heterocycles. The van der Waals surface area contributed by atoms with Crippen molar-refractivity contribution in [1.82, 2.24) is 4.90 Å². The Morgan fingerprint density at radius 1 is 0.647 bits per heavy atom. The molecule has 3 nitrogen and oxygen atoms in total. The Balaban J connectivity index is 3.03. The number of hydrogen-bond acceptors (Lipinski definition) is 3. The van der Waals surface area contributed by atoms with Crippen LogP contribution >= 0.6 is 0 Å². The predicted molar refractivity (Wildman–Crippen MR) is 76.7 cm³/mol. The molecule has 104 valence electrons. The van der Waals surface area contributed by atoms with Crippen molar-refractivity contribution in [3.05, 3.63) is 0 Å². The summed E-state index contributed by atoms with van der Waals surface area (Å²) >= 11 is 0. The predicted octanol–water partition coefficient (Wildman–Crippen LogP) is 3.04. The molecular weight excluding hydrogens is 210 g/mol. The van der Waals surface area contributed by atoms with Gasteiger partial charge in [0, 0.05) is 19.9 Å². The summed E-state index contributed by atoms with van der Waals surface area (Å²) in [5.41, 5.74) is 11.1. The minimum Gasteiger partial charge on any atom is -0.318 e. The van der Waals surface area contributed by atoms with Gasteiger partial charge in [0.1, 0.15) is 0 Å². The molecule has 0 aliphatic heterocycles. The molecule has 0 bridgehead atoms. The highest BCUT2D eigenvalue weighted by Crippen LogP contribution is 2.10.